The number of aryl methyl sites for hydroxylation is 1. The number of hydrogen-bond acceptors (Lipinski definition) is 4. The number of amides is 3. The highest BCUT2D eigenvalue weighted by atomic mass is 16.2. The van der Waals surface area contributed by atoms with Gasteiger partial charge in [0.1, 0.15) is 7.28 Å². The van der Waals surface area contributed by atoms with E-state index in [4.69, 9.17) is 0 Å². The monoisotopic (exact) mass is 560 g/mol. The molecule has 213 valence electrons. The van der Waals surface area contributed by atoms with Crippen LogP contribution in [0.5, 0.6) is 0 Å². The summed E-state index contributed by atoms with van der Waals surface area (Å²) in [4.78, 5) is 46.2. The molecule has 1 radical (unpaired) electrons. The number of H-pyrrole nitrogens is 1. The molecule has 1 unspecified atom stereocenters. The molecule has 8 nitrogen and oxygen atoms in total. The molecule has 0 aliphatic carbocycles. The fourth-order valence-electron chi connectivity index (χ4n) is 4.75. The first-order valence-electron chi connectivity index (χ1n) is 13.9. The van der Waals surface area contributed by atoms with Gasteiger partial charge >= 0.3 is 0 Å². The van der Waals surface area contributed by atoms with Gasteiger partial charge in [0.15, 0.2) is 0 Å². The lowest BCUT2D eigenvalue weighted by molar-refractivity contribution is -0.110. The Balaban J connectivity index is 0.00000129. The van der Waals surface area contributed by atoms with Crippen molar-refractivity contribution in [1.29, 1.82) is 0 Å². The summed E-state index contributed by atoms with van der Waals surface area (Å²) in [6.45, 7) is 9.96. The molecule has 3 amide bonds. The second-order valence-corrected chi connectivity index (χ2v) is 10.2. The van der Waals surface area contributed by atoms with E-state index in [1.54, 1.807) is 36.7 Å². The Morgan fingerprint density at radius 1 is 1.02 bits per heavy atom. The van der Waals surface area contributed by atoms with Gasteiger partial charge in [0.2, 0.25) is 0 Å². The summed E-state index contributed by atoms with van der Waals surface area (Å²) in [5, 5.41) is 8.81. The van der Waals surface area contributed by atoms with Crippen LogP contribution in [-0.4, -0.2) is 35.0 Å². The van der Waals surface area contributed by atoms with Crippen molar-refractivity contribution in [3.63, 3.8) is 0 Å². The van der Waals surface area contributed by atoms with E-state index < -0.39 is 0 Å². The van der Waals surface area contributed by atoms with Crippen LogP contribution < -0.4 is 16.0 Å². The second-order valence-electron chi connectivity index (χ2n) is 10.2. The van der Waals surface area contributed by atoms with Crippen molar-refractivity contribution in [3.8, 4) is 0 Å². The molecule has 2 aromatic heterocycles. The summed E-state index contributed by atoms with van der Waals surface area (Å²) in [5.74, 6) is -0.709. The van der Waals surface area contributed by atoms with Crippen molar-refractivity contribution in [2.24, 2.45) is 0 Å². The lowest BCUT2D eigenvalue weighted by atomic mass is 9.88. The standard InChI is InChI=1S/C31H29N5O3.C2H6B/c1-18-27(34-20(3)28(18)31(39)33-17-21-8-7-13-32-16-21)15-25-24-14-23(11-12-26(24)36-30(25)38)29(37)35-19(2)22-9-5-4-6-10-22;1-3-2/h4-16,19,34H,17H2,1-3H3,(H,33,39)(H,35,37)(H,36,38);1-2H3/b25-15-;. The Morgan fingerprint density at radius 3 is 2.45 bits per heavy atom. The van der Waals surface area contributed by atoms with E-state index in [1.807, 2.05) is 84.2 Å². The number of carbonyl (C=O) groups excluding carboxylic acids is 3. The summed E-state index contributed by atoms with van der Waals surface area (Å²) in [7, 11) is 2.00. The molecule has 2 aromatic carbocycles. The van der Waals surface area contributed by atoms with Crippen molar-refractivity contribution in [1.82, 2.24) is 20.6 Å². The third-order valence-electron chi connectivity index (χ3n) is 6.88. The van der Waals surface area contributed by atoms with Gasteiger partial charge < -0.3 is 20.9 Å². The highest BCUT2D eigenvalue weighted by Gasteiger charge is 2.27. The number of rotatable bonds is 7. The molecule has 0 bridgehead atoms. The second kappa shape index (κ2) is 13.6. The minimum atomic E-state index is -0.269. The predicted octanol–water partition coefficient (Wildman–Crippen LogP) is 5.73. The van der Waals surface area contributed by atoms with Crippen LogP contribution in [0.1, 0.15) is 67.3 Å². The van der Waals surface area contributed by atoms with Crippen molar-refractivity contribution < 1.29 is 14.4 Å². The van der Waals surface area contributed by atoms with E-state index >= 15 is 0 Å². The maximum Gasteiger partial charge on any atom is 0.256 e. The van der Waals surface area contributed by atoms with Crippen LogP contribution in [0.3, 0.4) is 0 Å². The number of pyridine rings is 1. The maximum absolute atomic E-state index is 13.0. The van der Waals surface area contributed by atoms with E-state index in [0.29, 0.717) is 45.9 Å². The minimum Gasteiger partial charge on any atom is -0.358 e. The summed E-state index contributed by atoms with van der Waals surface area (Å²) in [6, 6.07) is 18.4. The molecule has 0 fully saturated rings. The molecule has 4 aromatic rings. The SMILES string of the molecule is C[B]C.Cc1[nH]c(/C=C2\C(=O)Nc3ccc(C(=O)NC(C)c4ccccc4)cc32)c(C)c1C(=O)NCc1cccnc1. The summed E-state index contributed by atoms with van der Waals surface area (Å²) in [5.41, 5.74) is 6.66. The number of hydrogen-bond donors (Lipinski definition) is 4. The molecule has 42 heavy (non-hydrogen) atoms. The molecular weight excluding hydrogens is 525 g/mol. The largest absolute Gasteiger partial charge is 0.358 e. The first kappa shape index (κ1) is 30.1. The van der Waals surface area contributed by atoms with E-state index in [-0.39, 0.29) is 23.8 Å². The Bertz CT molecular complexity index is 1610. The van der Waals surface area contributed by atoms with Crippen molar-refractivity contribution >= 4 is 42.3 Å². The van der Waals surface area contributed by atoms with Crippen LogP contribution in [0.2, 0.25) is 13.6 Å². The summed E-state index contributed by atoms with van der Waals surface area (Å²) in [6.07, 6.45) is 5.12. The number of aromatic nitrogens is 2. The first-order chi connectivity index (χ1) is 20.2. The van der Waals surface area contributed by atoms with Gasteiger partial charge in [-0.25, -0.2) is 0 Å². The zero-order chi connectivity index (χ0) is 30.2. The highest BCUT2D eigenvalue weighted by Crippen LogP contribution is 2.35. The van der Waals surface area contributed by atoms with E-state index in [1.165, 1.54) is 0 Å². The fraction of sp³-hybridized carbons (Fsp3) is 0.212. The van der Waals surface area contributed by atoms with E-state index in [2.05, 4.69) is 25.9 Å². The quantitative estimate of drug-likeness (QED) is 0.171. The lowest BCUT2D eigenvalue weighted by Gasteiger charge is -2.14. The van der Waals surface area contributed by atoms with Gasteiger partial charge in [-0.15, -0.1) is 0 Å². The number of anilines is 1. The van der Waals surface area contributed by atoms with Gasteiger partial charge in [-0.05, 0) is 67.8 Å². The Hall–Kier alpha value is -4.92. The molecule has 0 saturated heterocycles. The maximum atomic E-state index is 13.0. The Kier molecular flexibility index (Phi) is 9.75. The van der Waals surface area contributed by atoms with Crippen molar-refractivity contribution in [2.45, 2.75) is 47.0 Å². The van der Waals surface area contributed by atoms with Crippen molar-refractivity contribution in [2.75, 3.05) is 5.32 Å². The molecule has 9 heteroatoms. The smallest absolute Gasteiger partial charge is 0.256 e. The number of carbonyl (C=O) groups is 3. The fourth-order valence-corrected chi connectivity index (χ4v) is 4.75. The predicted molar refractivity (Wildman–Crippen MR) is 168 cm³/mol. The van der Waals surface area contributed by atoms with Gasteiger partial charge in [0.25, 0.3) is 17.7 Å². The average molecular weight is 560 g/mol. The zero-order valence-electron chi connectivity index (χ0n) is 24.5. The molecule has 0 saturated carbocycles. The van der Waals surface area contributed by atoms with Gasteiger partial charge in [-0.3, -0.25) is 19.4 Å². The van der Waals surface area contributed by atoms with Crippen LogP contribution in [0.25, 0.3) is 11.6 Å². The van der Waals surface area contributed by atoms with Gasteiger partial charge in [0.05, 0.1) is 17.2 Å². The Morgan fingerprint density at radius 2 is 1.76 bits per heavy atom. The lowest BCUT2D eigenvalue weighted by Crippen LogP contribution is -2.26. The number of fused-ring (bicyclic) bond motifs is 1. The molecule has 3 heterocycles. The molecule has 5 rings (SSSR count). The van der Waals surface area contributed by atoms with Crippen LogP contribution in [0, 0.1) is 13.8 Å². The van der Waals surface area contributed by atoms with Gasteiger partial charge in [-0.2, -0.15) is 0 Å². The van der Waals surface area contributed by atoms with Crippen LogP contribution in [0.4, 0.5) is 5.69 Å². The van der Waals surface area contributed by atoms with Gasteiger partial charge in [0, 0.05) is 47.1 Å². The number of nitrogens with zero attached hydrogens (tertiary/aromatic N) is 1. The Labute approximate surface area is 247 Å². The molecular formula is C33H35BN5O3. The molecule has 1 atom stereocenters. The van der Waals surface area contributed by atoms with Gasteiger partial charge in [-0.1, -0.05) is 50.0 Å². The number of benzene rings is 2. The summed E-state index contributed by atoms with van der Waals surface area (Å²) < 4.78 is 0. The van der Waals surface area contributed by atoms with Crippen LogP contribution in [0.15, 0.2) is 73.1 Å². The third kappa shape index (κ3) is 6.86. The highest BCUT2D eigenvalue weighted by molar-refractivity contribution is 6.35. The van der Waals surface area contributed by atoms with Crippen molar-refractivity contribution in [3.05, 3.63) is 118 Å². The molecule has 1 aliphatic rings. The first-order valence-corrected chi connectivity index (χ1v) is 13.9. The third-order valence-corrected chi connectivity index (χ3v) is 6.88. The topological polar surface area (TPSA) is 116 Å². The molecule has 0 spiro atoms. The van der Waals surface area contributed by atoms with E-state index in [0.717, 1.165) is 16.7 Å². The summed E-state index contributed by atoms with van der Waals surface area (Å²) >= 11 is 0. The molecule has 4 N–H and O–H groups in total. The van der Waals surface area contributed by atoms with Crippen LogP contribution >= 0.6 is 0 Å². The van der Waals surface area contributed by atoms with E-state index in [9.17, 15) is 14.4 Å². The number of aromatic amines is 1. The number of nitrogens with one attached hydrogen (secondary N) is 4. The minimum absolute atomic E-state index is 0.172. The normalized spacial score (nSPS) is 13.4. The zero-order valence-corrected chi connectivity index (χ0v) is 24.5. The molecule has 1 aliphatic heterocycles. The average Bonchev–Trinajstić information content (AvgIpc) is 3.46. The van der Waals surface area contributed by atoms with Crippen LogP contribution in [-0.2, 0) is 11.3 Å².